The van der Waals surface area contributed by atoms with Gasteiger partial charge in [-0.3, -0.25) is 9.59 Å². The summed E-state index contributed by atoms with van der Waals surface area (Å²) in [5.74, 6) is -1.13. The van der Waals surface area contributed by atoms with Crippen molar-refractivity contribution in [2.75, 3.05) is 13.1 Å². The Morgan fingerprint density at radius 1 is 1.03 bits per heavy atom. The first-order chi connectivity index (χ1) is 14.3. The summed E-state index contributed by atoms with van der Waals surface area (Å²) in [7, 11) is 0. The molecule has 1 atom stereocenters. The van der Waals surface area contributed by atoms with Gasteiger partial charge in [-0.1, -0.05) is 24.3 Å². The quantitative estimate of drug-likeness (QED) is 0.610. The van der Waals surface area contributed by atoms with Crippen molar-refractivity contribution < 1.29 is 22.8 Å². The summed E-state index contributed by atoms with van der Waals surface area (Å²) in [5, 5.41) is 8.53. The molecule has 0 saturated carbocycles. The number of alkyl halides is 3. The normalized spacial score (nSPS) is 17.3. The zero-order valence-electron chi connectivity index (χ0n) is 16.0. The molecule has 1 aliphatic heterocycles. The minimum Gasteiger partial charge on any atom is -0.340 e. The number of piperidine rings is 1. The monoisotopic (exact) mass is 416 g/mol. The second-order valence-electron chi connectivity index (χ2n) is 7.34. The molecule has 1 unspecified atom stereocenters. The summed E-state index contributed by atoms with van der Waals surface area (Å²) in [4.78, 5) is 28.4. The fraction of sp³-hybridized carbons (Fsp3) is 0.333. The summed E-state index contributed by atoms with van der Waals surface area (Å²) >= 11 is 0. The Labute approximate surface area is 170 Å². The summed E-state index contributed by atoms with van der Waals surface area (Å²) < 4.78 is 38.8. The molecule has 30 heavy (non-hydrogen) atoms. The molecule has 0 radical (unpaired) electrons. The van der Waals surface area contributed by atoms with Crippen molar-refractivity contribution >= 4 is 22.7 Å². The minimum absolute atomic E-state index is 0.0177. The Morgan fingerprint density at radius 2 is 1.73 bits per heavy atom. The maximum absolute atomic E-state index is 12.9. The number of ketones is 1. The average molecular weight is 416 g/mol. The van der Waals surface area contributed by atoms with E-state index in [9.17, 15) is 22.8 Å². The molecule has 3 aromatic rings. The van der Waals surface area contributed by atoms with Gasteiger partial charge in [0.1, 0.15) is 17.6 Å². The van der Waals surface area contributed by atoms with Crippen molar-refractivity contribution in [3.05, 3.63) is 59.7 Å². The molecule has 9 heteroatoms. The molecule has 2 heterocycles. The van der Waals surface area contributed by atoms with Gasteiger partial charge in [-0.05, 0) is 37.1 Å². The number of fused-ring (bicyclic) bond motifs is 1. The maximum atomic E-state index is 12.9. The van der Waals surface area contributed by atoms with Crippen LogP contribution in [0.15, 0.2) is 48.5 Å². The number of hydrogen-bond donors (Lipinski definition) is 0. The molecule has 0 bridgehead atoms. The molecule has 0 N–H and O–H groups in total. The molecule has 4 rings (SSSR count). The zero-order chi connectivity index (χ0) is 21.3. The number of halogens is 3. The highest BCUT2D eigenvalue weighted by molar-refractivity contribution is 5.98. The third-order valence-electron chi connectivity index (χ3n) is 5.22. The van der Waals surface area contributed by atoms with E-state index in [-0.39, 0.29) is 30.3 Å². The van der Waals surface area contributed by atoms with Gasteiger partial charge in [0.05, 0.1) is 5.56 Å². The van der Waals surface area contributed by atoms with Crippen LogP contribution in [0.3, 0.4) is 0 Å². The topological polar surface area (TPSA) is 68.1 Å². The number of aromatic nitrogens is 3. The molecule has 1 saturated heterocycles. The van der Waals surface area contributed by atoms with Gasteiger partial charge in [-0.2, -0.15) is 28.2 Å². The van der Waals surface area contributed by atoms with Crippen molar-refractivity contribution in [1.82, 2.24) is 19.9 Å². The van der Waals surface area contributed by atoms with Crippen LogP contribution < -0.4 is 0 Å². The van der Waals surface area contributed by atoms with Crippen LogP contribution in [-0.2, 0) is 17.5 Å². The molecule has 0 spiro atoms. The van der Waals surface area contributed by atoms with Crippen LogP contribution in [0.5, 0.6) is 0 Å². The molecule has 6 nitrogen and oxygen atoms in total. The van der Waals surface area contributed by atoms with Crippen molar-refractivity contribution in [2.24, 2.45) is 5.92 Å². The van der Waals surface area contributed by atoms with Crippen LogP contribution in [0.4, 0.5) is 13.2 Å². The molecule has 156 valence electrons. The minimum atomic E-state index is -4.51. The molecule has 0 aliphatic carbocycles. The first kappa shape index (κ1) is 20.1. The highest BCUT2D eigenvalue weighted by atomic mass is 19.4. The van der Waals surface area contributed by atoms with Crippen molar-refractivity contribution in [2.45, 2.75) is 25.6 Å². The number of carbonyl (C=O) groups excluding carboxylic acids is 2. The van der Waals surface area contributed by atoms with Gasteiger partial charge in [0, 0.05) is 24.6 Å². The van der Waals surface area contributed by atoms with Crippen LogP contribution in [0.2, 0.25) is 0 Å². The van der Waals surface area contributed by atoms with Crippen LogP contribution >= 0.6 is 0 Å². The van der Waals surface area contributed by atoms with E-state index in [4.69, 9.17) is 0 Å². The van der Waals surface area contributed by atoms with Gasteiger partial charge < -0.3 is 4.90 Å². The predicted octanol–water partition coefficient (Wildman–Crippen LogP) is 3.57. The van der Waals surface area contributed by atoms with Gasteiger partial charge in [-0.15, -0.1) is 0 Å². The average Bonchev–Trinajstić information content (AvgIpc) is 3.15. The fourth-order valence-electron chi connectivity index (χ4n) is 3.70. The van der Waals surface area contributed by atoms with E-state index < -0.39 is 17.7 Å². The van der Waals surface area contributed by atoms with E-state index in [1.165, 1.54) is 16.9 Å². The van der Waals surface area contributed by atoms with Gasteiger partial charge in [0.2, 0.25) is 5.91 Å². The number of carbonyl (C=O) groups is 2. The first-order valence-corrected chi connectivity index (χ1v) is 9.60. The van der Waals surface area contributed by atoms with E-state index in [2.05, 4.69) is 10.2 Å². The number of likely N-dealkylation sites (tertiary alicyclic amines) is 1. The predicted molar refractivity (Wildman–Crippen MR) is 103 cm³/mol. The Bertz CT molecular complexity index is 1060. The largest absolute Gasteiger partial charge is 0.416 e. The lowest BCUT2D eigenvalue weighted by atomic mass is 9.89. The molecule has 1 aliphatic rings. The number of Topliss-reactive ketones (excluding diaryl/α,β-unsaturated/α-hetero) is 1. The third-order valence-corrected chi connectivity index (χ3v) is 5.22. The second-order valence-corrected chi connectivity index (χ2v) is 7.34. The van der Waals surface area contributed by atoms with Crippen LogP contribution in [0.25, 0.3) is 11.0 Å². The molecule has 2 aromatic carbocycles. The first-order valence-electron chi connectivity index (χ1n) is 9.60. The van der Waals surface area contributed by atoms with E-state index in [0.717, 1.165) is 12.1 Å². The van der Waals surface area contributed by atoms with Gasteiger partial charge in [0.15, 0.2) is 5.78 Å². The smallest absolute Gasteiger partial charge is 0.340 e. The Hall–Kier alpha value is -3.23. The zero-order valence-corrected chi connectivity index (χ0v) is 16.0. The molecule has 1 aromatic heterocycles. The number of amides is 1. The van der Waals surface area contributed by atoms with E-state index in [1.807, 2.05) is 12.1 Å². The van der Waals surface area contributed by atoms with E-state index >= 15 is 0 Å². The van der Waals surface area contributed by atoms with E-state index in [1.54, 1.807) is 17.0 Å². The second kappa shape index (κ2) is 7.89. The maximum Gasteiger partial charge on any atom is 0.416 e. The Balaban J connectivity index is 1.45. The highest BCUT2D eigenvalue weighted by Crippen LogP contribution is 2.30. The van der Waals surface area contributed by atoms with Crippen molar-refractivity contribution in [3.8, 4) is 0 Å². The SMILES string of the molecule is O=C(c1cccc(C(F)(F)F)c1)C1CCCN(C(=O)Cn2nc3ccccc3n2)C1. The van der Waals surface area contributed by atoms with Gasteiger partial charge in [0.25, 0.3) is 0 Å². The lowest BCUT2D eigenvalue weighted by Gasteiger charge is -2.32. The lowest BCUT2D eigenvalue weighted by molar-refractivity contribution is -0.137. The Morgan fingerprint density at radius 3 is 2.40 bits per heavy atom. The summed E-state index contributed by atoms with van der Waals surface area (Å²) in [6.45, 7) is 0.611. The molecular weight excluding hydrogens is 397 g/mol. The third kappa shape index (κ3) is 4.19. The highest BCUT2D eigenvalue weighted by Gasteiger charge is 2.33. The number of rotatable bonds is 4. The molecular formula is C21H19F3N4O2. The van der Waals surface area contributed by atoms with Crippen LogP contribution in [0.1, 0.15) is 28.8 Å². The molecule has 1 amide bonds. The molecule has 1 fully saturated rings. The summed E-state index contributed by atoms with van der Waals surface area (Å²) in [6.07, 6.45) is -3.37. The number of nitrogens with zero attached hydrogens (tertiary/aromatic N) is 4. The van der Waals surface area contributed by atoms with Crippen molar-refractivity contribution in [1.29, 1.82) is 0 Å². The van der Waals surface area contributed by atoms with Crippen molar-refractivity contribution in [3.63, 3.8) is 0 Å². The number of hydrogen-bond acceptors (Lipinski definition) is 4. The summed E-state index contributed by atoms with van der Waals surface area (Å²) in [5.41, 5.74) is 0.529. The van der Waals surface area contributed by atoms with E-state index in [0.29, 0.717) is 30.4 Å². The standard InChI is InChI=1S/C21H19F3N4O2/c22-21(23,24)16-7-3-5-14(11-16)20(30)15-6-4-10-27(12-15)19(29)13-28-25-17-8-1-2-9-18(17)26-28/h1-3,5,7-9,11,15H,4,6,10,12-13H2. The lowest BCUT2D eigenvalue weighted by Crippen LogP contribution is -2.44. The van der Waals surface area contributed by atoms with Crippen LogP contribution in [0, 0.1) is 5.92 Å². The summed E-state index contributed by atoms with van der Waals surface area (Å²) in [6, 6.07) is 11.7. The van der Waals surface area contributed by atoms with Gasteiger partial charge >= 0.3 is 6.18 Å². The van der Waals surface area contributed by atoms with Crippen LogP contribution in [-0.4, -0.2) is 44.7 Å². The van der Waals surface area contributed by atoms with Gasteiger partial charge in [-0.25, -0.2) is 0 Å². The number of benzene rings is 2. The Kier molecular flexibility index (Phi) is 5.27. The fourth-order valence-corrected chi connectivity index (χ4v) is 3.70.